The van der Waals surface area contributed by atoms with Gasteiger partial charge in [-0.2, -0.15) is 0 Å². The van der Waals surface area contributed by atoms with Crippen LogP contribution in [0.15, 0.2) is 24.3 Å². The normalized spacial score (nSPS) is 12.2. The first-order valence-corrected chi connectivity index (χ1v) is 7.82. The van der Waals surface area contributed by atoms with Crippen LogP contribution in [0.4, 0.5) is 0 Å². The zero-order valence-corrected chi connectivity index (χ0v) is 13.6. The van der Waals surface area contributed by atoms with Gasteiger partial charge in [0, 0.05) is 12.1 Å². The number of hydrogen-bond donors (Lipinski definition) is 2. The molecule has 1 unspecified atom stereocenters. The number of unbranched alkanes of at least 4 members (excludes halogenated alkanes) is 1. The molecule has 1 aromatic rings. The molecular weight excluding hydrogens is 280 g/mol. The topological polar surface area (TPSA) is 69.6 Å². The van der Waals surface area contributed by atoms with Crippen LogP contribution >= 0.6 is 0 Å². The predicted molar refractivity (Wildman–Crippen MR) is 86.9 cm³/mol. The summed E-state index contributed by atoms with van der Waals surface area (Å²) in [4.78, 5) is 25.2. The van der Waals surface area contributed by atoms with Gasteiger partial charge in [0.1, 0.15) is 6.04 Å². The highest BCUT2D eigenvalue weighted by molar-refractivity contribution is 5.96. The second-order valence-electron chi connectivity index (χ2n) is 5.46. The monoisotopic (exact) mass is 306 g/mol. The van der Waals surface area contributed by atoms with E-state index >= 15 is 0 Å². The lowest BCUT2D eigenvalue weighted by Crippen LogP contribution is -2.38. The standard InChI is InChI=1S/C17H26N2O3/c1-4-6-10-19(5-2)12-14-8-7-9-15(11-14)16(20)18-13(3)17(21)22/h7-9,11,13H,4-6,10,12H2,1-3H3,(H,18,20)(H,21,22). The third-order valence-electron chi connectivity index (χ3n) is 3.59. The van der Waals surface area contributed by atoms with E-state index in [1.165, 1.54) is 6.92 Å². The molecule has 0 fully saturated rings. The van der Waals surface area contributed by atoms with Gasteiger partial charge in [0.25, 0.3) is 5.91 Å². The van der Waals surface area contributed by atoms with Gasteiger partial charge >= 0.3 is 5.97 Å². The Bertz CT molecular complexity index is 502. The minimum atomic E-state index is -1.04. The van der Waals surface area contributed by atoms with Crippen LogP contribution in [0, 0.1) is 0 Å². The van der Waals surface area contributed by atoms with Crippen LogP contribution < -0.4 is 5.32 Å². The van der Waals surface area contributed by atoms with Gasteiger partial charge in [0.05, 0.1) is 0 Å². The van der Waals surface area contributed by atoms with Gasteiger partial charge in [-0.25, -0.2) is 0 Å². The molecule has 0 aromatic heterocycles. The number of carbonyl (C=O) groups excluding carboxylic acids is 1. The van der Waals surface area contributed by atoms with Gasteiger partial charge in [-0.1, -0.05) is 32.4 Å². The maximum absolute atomic E-state index is 12.1. The van der Waals surface area contributed by atoms with Crippen LogP contribution in [0.2, 0.25) is 0 Å². The molecule has 2 N–H and O–H groups in total. The van der Waals surface area contributed by atoms with Gasteiger partial charge in [0.2, 0.25) is 0 Å². The summed E-state index contributed by atoms with van der Waals surface area (Å²) in [7, 11) is 0. The summed E-state index contributed by atoms with van der Waals surface area (Å²) in [5.41, 5.74) is 1.56. The Labute approximate surface area is 132 Å². The summed E-state index contributed by atoms with van der Waals surface area (Å²) in [6.45, 7) is 8.55. The number of aliphatic carboxylic acids is 1. The maximum Gasteiger partial charge on any atom is 0.325 e. The van der Waals surface area contributed by atoms with E-state index in [1.807, 2.05) is 18.2 Å². The van der Waals surface area contributed by atoms with Crippen molar-refractivity contribution in [2.75, 3.05) is 13.1 Å². The zero-order valence-electron chi connectivity index (χ0n) is 13.6. The number of carbonyl (C=O) groups is 2. The highest BCUT2D eigenvalue weighted by Gasteiger charge is 2.15. The molecule has 0 saturated heterocycles. The van der Waals surface area contributed by atoms with Crippen molar-refractivity contribution in [3.05, 3.63) is 35.4 Å². The number of carboxylic acid groups (broad SMARTS) is 1. The Morgan fingerprint density at radius 1 is 1.32 bits per heavy atom. The fraction of sp³-hybridized carbons (Fsp3) is 0.529. The third kappa shape index (κ3) is 5.85. The highest BCUT2D eigenvalue weighted by atomic mass is 16.4. The quantitative estimate of drug-likeness (QED) is 0.735. The lowest BCUT2D eigenvalue weighted by molar-refractivity contribution is -0.138. The van der Waals surface area contributed by atoms with E-state index in [0.717, 1.165) is 38.0 Å². The van der Waals surface area contributed by atoms with Crippen molar-refractivity contribution < 1.29 is 14.7 Å². The summed E-state index contributed by atoms with van der Waals surface area (Å²) in [5, 5.41) is 11.3. The Balaban J connectivity index is 2.72. The molecule has 0 aliphatic rings. The Morgan fingerprint density at radius 3 is 2.64 bits per heavy atom. The number of nitrogens with zero attached hydrogens (tertiary/aromatic N) is 1. The first kappa shape index (κ1) is 18.2. The summed E-state index contributed by atoms with van der Waals surface area (Å²) < 4.78 is 0. The van der Waals surface area contributed by atoms with Gasteiger partial charge in [-0.05, 0) is 44.1 Å². The molecule has 1 atom stereocenters. The first-order valence-electron chi connectivity index (χ1n) is 7.82. The van der Waals surface area contributed by atoms with E-state index < -0.39 is 12.0 Å². The zero-order chi connectivity index (χ0) is 16.5. The van der Waals surface area contributed by atoms with Crippen LogP contribution in [-0.2, 0) is 11.3 Å². The second-order valence-corrected chi connectivity index (χ2v) is 5.46. The van der Waals surface area contributed by atoms with Gasteiger partial charge in [-0.15, -0.1) is 0 Å². The van der Waals surface area contributed by atoms with Gasteiger partial charge in [-0.3, -0.25) is 14.5 Å². The molecule has 0 heterocycles. The molecule has 22 heavy (non-hydrogen) atoms. The molecule has 122 valence electrons. The summed E-state index contributed by atoms with van der Waals surface area (Å²) in [6, 6.07) is 6.47. The number of benzene rings is 1. The minimum absolute atomic E-state index is 0.353. The summed E-state index contributed by atoms with van der Waals surface area (Å²) in [6.07, 6.45) is 2.32. The van der Waals surface area contributed by atoms with Crippen LogP contribution in [0.1, 0.15) is 49.5 Å². The Kier molecular flexibility index (Phi) is 7.60. The summed E-state index contributed by atoms with van der Waals surface area (Å²) in [5.74, 6) is -1.39. The number of carboxylic acids is 1. The molecule has 0 radical (unpaired) electrons. The predicted octanol–water partition coefficient (Wildman–Crippen LogP) is 2.51. The van der Waals surface area contributed by atoms with E-state index in [9.17, 15) is 9.59 Å². The average Bonchev–Trinajstić information content (AvgIpc) is 2.51. The Morgan fingerprint density at radius 2 is 2.05 bits per heavy atom. The molecule has 5 nitrogen and oxygen atoms in total. The number of amides is 1. The highest BCUT2D eigenvalue weighted by Crippen LogP contribution is 2.10. The molecule has 1 amide bonds. The fourth-order valence-electron chi connectivity index (χ4n) is 2.14. The molecule has 0 saturated carbocycles. The van der Waals surface area contributed by atoms with Crippen LogP contribution in [-0.4, -0.2) is 41.0 Å². The fourth-order valence-corrected chi connectivity index (χ4v) is 2.14. The largest absolute Gasteiger partial charge is 0.480 e. The molecule has 1 rings (SSSR count). The van der Waals surface area contributed by atoms with E-state index in [0.29, 0.717) is 5.56 Å². The SMILES string of the molecule is CCCCN(CC)Cc1cccc(C(=O)NC(C)C(=O)O)c1. The van der Waals surface area contributed by atoms with E-state index in [2.05, 4.69) is 24.1 Å². The molecule has 5 heteroatoms. The smallest absolute Gasteiger partial charge is 0.325 e. The van der Waals surface area contributed by atoms with E-state index in [1.54, 1.807) is 6.07 Å². The lowest BCUT2D eigenvalue weighted by atomic mass is 10.1. The van der Waals surface area contributed by atoms with Gasteiger partial charge < -0.3 is 10.4 Å². The van der Waals surface area contributed by atoms with Gasteiger partial charge in [0.15, 0.2) is 0 Å². The molecule has 0 aliphatic heterocycles. The van der Waals surface area contributed by atoms with Crippen molar-refractivity contribution in [3.8, 4) is 0 Å². The van der Waals surface area contributed by atoms with Crippen molar-refractivity contribution in [2.45, 2.75) is 46.2 Å². The van der Waals surface area contributed by atoms with Crippen molar-refractivity contribution in [1.29, 1.82) is 0 Å². The lowest BCUT2D eigenvalue weighted by Gasteiger charge is -2.20. The van der Waals surface area contributed by atoms with Crippen molar-refractivity contribution in [1.82, 2.24) is 10.2 Å². The van der Waals surface area contributed by atoms with Crippen LogP contribution in [0.3, 0.4) is 0 Å². The van der Waals surface area contributed by atoms with Crippen molar-refractivity contribution in [2.24, 2.45) is 0 Å². The molecule has 1 aromatic carbocycles. The maximum atomic E-state index is 12.1. The van der Waals surface area contributed by atoms with E-state index in [4.69, 9.17) is 5.11 Å². The molecule has 0 spiro atoms. The van der Waals surface area contributed by atoms with Crippen molar-refractivity contribution >= 4 is 11.9 Å². The Hall–Kier alpha value is -1.88. The number of nitrogens with one attached hydrogen (secondary N) is 1. The van der Waals surface area contributed by atoms with E-state index in [-0.39, 0.29) is 5.91 Å². The second kappa shape index (κ2) is 9.20. The first-order chi connectivity index (χ1) is 10.5. The molecule has 0 bridgehead atoms. The third-order valence-corrected chi connectivity index (χ3v) is 3.59. The average molecular weight is 306 g/mol. The van der Waals surface area contributed by atoms with Crippen molar-refractivity contribution in [3.63, 3.8) is 0 Å². The molecular formula is C17H26N2O3. The minimum Gasteiger partial charge on any atom is -0.480 e. The van der Waals surface area contributed by atoms with Crippen LogP contribution in [0.5, 0.6) is 0 Å². The molecule has 0 aliphatic carbocycles. The van der Waals surface area contributed by atoms with Crippen LogP contribution in [0.25, 0.3) is 0 Å². The number of rotatable bonds is 9. The summed E-state index contributed by atoms with van der Waals surface area (Å²) >= 11 is 0. The number of hydrogen-bond acceptors (Lipinski definition) is 3.